The Labute approximate surface area is 112 Å². The van der Waals surface area contributed by atoms with Crippen LogP contribution in [-0.2, 0) is 9.59 Å². The highest BCUT2D eigenvalue weighted by molar-refractivity contribution is 6.16. The molecule has 0 bridgehead atoms. The number of imide groups is 1. The zero-order valence-corrected chi connectivity index (χ0v) is 10.8. The maximum atomic E-state index is 12.0. The summed E-state index contributed by atoms with van der Waals surface area (Å²) in [6, 6.07) is 7.11. The average molecular weight is 256 g/mol. The van der Waals surface area contributed by atoms with E-state index in [0.29, 0.717) is 18.5 Å². The van der Waals surface area contributed by atoms with Crippen molar-refractivity contribution in [1.82, 2.24) is 0 Å². The third-order valence-corrected chi connectivity index (χ3v) is 2.98. The number of nitrogens with zero attached hydrogens (tertiary/aromatic N) is 1. The highest BCUT2D eigenvalue weighted by atomic mass is 16.2. The molecular weight excluding hydrogens is 240 g/mol. The van der Waals surface area contributed by atoms with E-state index in [9.17, 15) is 9.59 Å². The van der Waals surface area contributed by atoms with E-state index in [-0.39, 0.29) is 24.3 Å². The SMILES string of the molecule is CC1CC(=O)N(c2cccc(C#CCN)c2)C(=O)C1. The van der Waals surface area contributed by atoms with Crippen LogP contribution in [0.2, 0.25) is 0 Å². The van der Waals surface area contributed by atoms with E-state index in [1.54, 1.807) is 18.2 Å². The molecule has 0 saturated carbocycles. The quantitative estimate of drug-likeness (QED) is 0.608. The lowest BCUT2D eigenvalue weighted by molar-refractivity contribution is -0.130. The molecule has 1 aliphatic heterocycles. The fourth-order valence-electron chi connectivity index (χ4n) is 2.15. The van der Waals surface area contributed by atoms with Gasteiger partial charge in [-0.2, -0.15) is 0 Å². The maximum Gasteiger partial charge on any atom is 0.234 e. The van der Waals surface area contributed by atoms with Crippen LogP contribution in [0, 0.1) is 17.8 Å². The molecule has 0 atom stereocenters. The van der Waals surface area contributed by atoms with Crippen molar-refractivity contribution >= 4 is 17.5 Å². The molecule has 1 aliphatic rings. The molecule has 1 fully saturated rings. The number of rotatable bonds is 1. The Morgan fingerprint density at radius 3 is 2.63 bits per heavy atom. The average Bonchev–Trinajstić information content (AvgIpc) is 2.35. The van der Waals surface area contributed by atoms with Gasteiger partial charge in [0, 0.05) is 18.4 Å². The molecule has 0 spiro atoms. The third-order valence-electron chi connectivity index (χ3n) is 2.98. The molecule has 2 rings (SSSR count). The van der Waals surface area contributed by atoms with Gasteiger partial charge in [0.05, 0.1) is 12.2 Å². The van der Waals surface area contributed by atoms with Gasteiger partial charge in [0.15, 0.2) is 0 Å². The van der Waals surface area contributed by atoms with E-state index in [0.717, 1.165) is 5.56 Å². The summed E-state index contributed by atoms with van der Waals surface area (Å²) in [7, 11) is 0. The van der Waals surface area contributed by atoms with Gasteiger partial charge in [0.2, 0.25) is 11.8 Å². The van der Waals surface area contributed by atoms with Gasteiger partial charge in [-0.05, 0) is 24.1 Å². The zero-order chi connectivity index (χ0) is 13.8. The largest absolute Gasteiger partial charge is 0.320 e. The molecule has 19 heavy (non-hydrogen) atoms. The Kier molecular flexibility index (Phi) is 3.98. The normalized spacial score (nSPS) is 16.2. The van der Waals surface area contributed by atoms with Crippen LogP contribution >= 0.6 is 0 Å². The van der Waals surface area contributed by atoms with Crippen molar-refractivity contribution in [1.29, 1.82) is 0 Å². The van der Waals surface area contributed by atoms with Crippen molar-refractivity contribution in [2.24, 2.45) is 11.7 Å². The summed E-state index contributed by atoms with van der Waals surface area (Å²) < 4.78 is 0. The first-order valence-electron chi connectivity index (χ1n) is 6.26. The van der Waals surface area contributed by atoms with Crippen LogP contribution in [0.1, 0.15) is 25.3 Å². The van der Waals surface area contributed by atoms with Crippen LogP contribution in [0.25, 0.3) is 0 Å². The van der Waals surface area contributed by atoms with Gasteiger partial charge in [-0.1, -0.05) is 24.8 Å². The van der Waals surface area contributed by atoms with Crippen molar-refractivity contribution in [2.75, 3.05) is 11.4 Å². The third kappa shape index (κ3) is 3.01. The first-order valence-corrected chi connectivity index (χ1v) is 6.26. The van der Waals surface area contributed by atoms with Crippen LogP contribution < -0.4 is 10.6 Å². The molecule has 1 aromatic rings. The monoisotopic (exact) mass is 256 g/mol. The topological polar surface area (TPSA) is 63.4 Å². The molecule has 4 nitrogen and oxygen atoms in total. The molecule has 1 saturated heterocycles. The number of anilines is 1. The minimum Gasteiger partial charge on any atom is -0.320 e. The van der Waals surface area contributed by atoms with Gasteiger partial charge >= 0.3 is 0 Å². The zero-order valence-electron chi connectivity index (χ0n) is 10.8. The number of nitrogens with two attached hydrogens (primary N) is 1. The number of benzene rings is 1. The summed E-state index contributed by atoms with van der Waals surface area (Å²) in [4.78, 5) is 25.2. The Bertz CT molecular complexity index is 551. The summed E-state index contributed by atoms with van der Waals surface area (Å²) >= 11 is 0. The lowest BCUT2D eigenvalue weighted by atomic mass is 9.97. The highest BCUT2D eigenvalue weighted by Gasteiger charge is 2.31. The van der Waals surface area contributed by atoms with E-state index in [1.807, 2.05) is 13.0 Å². The van der Waals surface area contributed by atoms with Crippen molar-refractivity contribution in [3.05, 3.63) is 29.8 Å². The second kappa shape index (κ2) is 5.68. The summed E-state index contributed by atoms with van der Waals surface area (Å²) in [5.74, 6) is 5.48. The molecule has 2 N–H and O–H groups in total. The number of hydrogen-bond acceptors (Lipinski definition) is 3. The molecule has 0 aliphatic carbocycles. The van der Waals surface area contributed by atoms with E-state index in [1.165, 1.54) is 4.90 Å². The molecule has 0 radical (unpaired) electrons. The van der Waals surface area contributed by atoms with E-state index < -0.39 is 0 Å². The minimum absolute atomic E-state index is 0.122. The number of carbonyl (C=O) groups is 2. The lowest BCUT2D eigenvalue weighted by Gasteiger charge is -2.28. The van der Waals surface area contributed by atoms with E-state index >= 15 is 0 Å². The van der Waals surface area contributed by atoms with Gasteiger partial charge in [-0.25, -0.2) is 0 Å². The second-order valence-electron chi connectivity index (χ2n) is 4.69. The highest BCUT2D eigenvalue weighted by Crippen LogP contribution is 2.25. The number of hydrogen-bond donors (Lipinski definition) is 1. The standard InChI is InChI=1S/C15H16N2O2/c1-11-8-14(18)17(15(19)9-11)13-6-2-4-12(10-13)5-3-7-16/h2,4,6,10-11H,7-9,16H2,1H3. The number of piperidine rings is 1. The fraction of sp³-hybridized carbons (Fsp3) is 0.333. The van der Waals surface area contributed by atoms with Gasteiger partial charge in [0.25, 0.3) is 0 Å². The van der Waals surface area contributed by atoms with Gasteiger partial charge < -0.3 is 5.73 Å². The molecule has 1 heterocycles. The Morgan fingerprint density at radius 2 is 2.00 bits per heavy atom. The van der Waals surface area contributed by atoms with Crippen LogP contribution in [0.3, 0.4) is 0 Å². The predicted molar refractivity (Wildman–Crippen MR) is 73.3 cm³/mol. The molecule has 4 heteroatoms. The van der Waals surface area contributed by atoms with Gasteiger partial charge in [-0.3, -0.25) is 14.5 Å². The van der Waals surface area contributed by atoms with Crippen LogP contribution in [0.5, 0.6) is 0 Å². The Balaban J connectivity index is 2.31. The van der Waals surface area contributed by atoms with Crippen molar-refractivity contribution < 1.29 is 9.59 Å². The first-order chi connectivity index (χ1) is 9.11. The number of carbonyl (C=O) groups excluding carboxylic acids is 2. The summed E-state index contributed by atoms with van der Waals surface area (Å²) in [6.07, 6.45) is 0.814. The molecule has 0 unspecified atom stereocenters. The molecule has 98 valence electrons. The lowest BCUT2D eigenvalue weighted by Crippen LogP contribution is -2.42. The van der Waals surface area contributed by atoms with Crippen molar-refractivity contribution in [3.63, 3.8) is 0 Å². The van der Waals surface area contributed by atoms with Crippen LogP contribution in [0.4, 0.5) is 5.69 Å². The summed E-state index contributed by atoms with van der Waals surface area (Å²) in [5, 5.41) is 0. The first kappa shape index (κ1) is 13.3. The smallest absolute Gasteiger partial charge is 0.234 e. The van der Waals surface area contributed by atoms with E-state index in [4.69, 9.17) is 5.73 Å². The summed E-state index contributed by atoms with van der Waals surface area (Å²) in [6.45, 7) is 2.19. The minimum atomic E-state index is -0.146. The molecule has 0 aromatic heterocycles. The Hall–Kier alpha value is -2.12. The molecular formula is C15H16N2O2. The van der Waals surface area contributed by atoms with Crippen LogP contribution in [-0.4, -0.2) is 18.4 Å². The fourth-order valence-corrected chi connectivity index (χ4v) is 2.15. The summed E-state index contributed by atoms with van der Waals surface area (Å²) in [5.41, 5.74) is 6.66. The predicted octanol–water partition coefficient (Wildman–Crippen LogP) is 1.29. The second-order valence-corrected chi connectivity index (χ2v) is 4.69. The van der Waals surface area contributed by atoms with Crippen molar-refractivity contribution in [3.8, 4) is 11.8 Å². The van der Waals surface area contributed by atoms with Gasteiger partial charge in [0.1, 0.15) is 0 Å². The van der Waals surface area contributed by atoms with Gasteiger partial charge in [-0.15, -0.1) is 0 Å². The molecule has 1 aromatic carbocycles. The van der Waals surface area contributed by atoms with E-state index in [2.05, 4.69) is 11.8 Å². The molecule has 2 amide bonds. The Morgan fingerprint density at radius 1 is 1.32 bits per heavy atom. The number of amides is 2. The van der Waals surface area contributed by atoms with Crippen molar-refractivity contribution in [2.45, 2.75) is 19.8 Å². The maximum absolute atomic E-state index is 12.0. The van der Waals surface area contributed by atoms with Crippen LogP contribution in [0.15, 0.2) is 24.3 Å².